The molecule has 0 aliphatic carbocycles. The Balaban J connectivity index is 1.83. The maximum absolute atomic E-state index is 12.0. The number of benzene rings is 1. The molecule has 0 unspecified atom stereocenters. The Bertz CT molecular complexity index is 578. The maximum Gasteiger partial charge on any atom is 0.270 e. The minimum Gasteiger partial charge on any atom is -0.350 e. The van der Waals surface area contributed by atoms with Gasteiger partial charge >= 0.3 is 0 Å². The standard InChI is InChI=1S/C17H23N3O3/c1-2-10-19-11-8-15(9-12-19)18-17(21)7-6-14-4-3-5-16(13-14)20(22)23/h3-7,13,15H,2,8-12H2,1H3,(H,18,21)/b7-6+. The molecule has 2 rings (SSSR count). The van der Waals surface area contributed by atoms with Gasteiger partial charge in [0.25, 0.3) is 5.69 Å². The number of piperidine rings is 1. The summed E-state index contributed by atoms with van der Waals surface area (Å²) in [4.78, 5) is 24.7. The van der Waals surface area contributed by atoms with Crippen LogP contribution in [0.15, 0.2) is 30.3 Å². The number of carbonyl (C=O) groups excluding carboxylic acids is 1. The second kappa shape index (κ2) is 8.43. The molecule has 6 heteroatoms. The first-order valence-corrected chi connectivity index (χ1v) is 8.04. The molecule has 124 valence electrons. The lowest BCUT2D eigenvalue weighted by Gasteiger charge is -2.31. The first-order valence-electron chi connectivity index (χ1n) is 8.04. The van der Waals surface area contributed by atoms with Gasteiger partial charge in [-0.25, -0.2) is 0 Å². The van der Waals surface area contributed by atoms with Crippen molar-refractivity contribution in [2.75, 3.05) is 19.6 Å². The fourth-order valence-electron chi connectivity index (χ4n) is 2.78. The number of nitrogens with one attached hydrogen (secondary N) is 1. The van der Waals surface area contributed by atoms with Crippen molar-refractivity contribution in [3.05, 3.63) is 46.0 Å². The minimum atomic E-state index is -0.443. The summed E-state index contributed by atoms with van der Waals surface area (Å²) < 4.78 is 0. The van der Waals surface area contributed by atoms with Crippen LogP contribution in [0.1, 0.15) is 31.7 Å². The molecule has 0 saturated carbocycles. The van der Waals surface area contributed by atoms with E-state index in [4.69, 9.17) is 0 Å². The molecular weight excluding hydrogens is 294 g/mol. The van der Waals surface area contributed by atoms with E-state index in [1.165, 1.54) is 18.2 Å². The summed E-state index contributed by atoms with van der Waals surface area (Å²) in [5.41, 5.74) is 0.669. The van der Waals surface area contributed by atoms with Gasteiger partial charge in [-0.1, -0.05) is 19.1 Å². The molecule has 23 heavy (non-hydrogen) atoms. The molecule has 0 aromatic heterocycles. The van der Waals surface area contributed by atoms with Gasteiger partial charge in [-0.2, -0.15) is 0 Å². The zero-order valence-corrected chi connectivity index (χ0v) is 13.4. The maximum atomic E-state index is 12.0. The van der Waals surface area contributed by atoms with Crippen LogP contribution in [-0.4, -0.2) is 41.4 Å². The van der Waals surface area contributed by atoms with Crippen LogP contribution in [-0.2, 0) is 4.79 Å². The van der Waals surface area contributed by atoms with Crippen LogP contribution in [0.25, 0.3) is 6.08 Å². The van der Waals surface area contributed by atoms with Gasteiger partial charge in [0.15, 0.2) is 0 Å². The monoisotopic (exact) mass is 317 g/mol. The van der Waals surface area contributed by atoms with Gasteiger partial charge in [0.1, 0.15) is 0 Å². The molecule has 0 atom stereocenters. The average molecular weight is 317 g/mol. The predicted molar refractivity (Wildman–Crippen MR) is 90.0 cm³/mol. The second-order valence-electron chi connectivity index (χ2n) is 5.81. The lowest BCUT2D eigenvalue weighted by atomic mass is 10.0. The van der Waals surface area contributed by atoms with Gasteiger partial charge in [-0.15, -0.1) is 0 Å². The third kappa shape index (κ3) is 5.49. The Morgan fingerprint density at radius 3 is 2.83 bits per heavy atom. The van der Waals surface area contributed by atoms with E-state index in [0.717, 1.165) is 38.9 Å². The highest BCUT2D eigenvalue weighted by atomic mass is 16.6. The summed E-state index contributed by atoms with van der Waals surface area (Å²) in [5.74, 6) is -0.148. The molecule has 1 heterocycles. The highest BCUT2D eigenvalue weighted by Crippen LogP contribution is 2.14. The Morgan fingerprint density at radius 1 is 1.43 bits per heavy atom. The van der Waals surface area contributed by atoms with Crippen molar-refractivity contribution < 1.29 is 9.72 Å². The highest BCUT2D eigenvalue weighted by molar-refractivity contribution is 5.92. The van der Waals surface area contributed by atoms with Crippen molar-refractivity contribution in [3.63, 3.8) is 0 Å². The molecule has 6 nitrogen and oxygen atoms in total. The van der Waals surface area contributed by atoms with E-state index < -0.39 is 4.92 Å². The van der Waals surface area contributed by atoms with Crippen molar-refractivity contribution in [2.24, 2.45) is 0 Å². The summed E-state index contributed by atoms with van der Waals surface area (Å²) in [7, 11) is 0. The Labute approximate surface area is 136 Å². The smallest absolute Gasteiger partial charge is 0.270 e. The lowest BCUT2D eigenvalue weighted by Crippen LogP contribution is -2.44. The molecule has 1 aromatic rings. The van der Waals surface area contributed by atoms with Crippen molar-refractivity contribution >= 4 is 17.7 Å². The third-order valence-corrected chi connectivity index (χ3v) is 3.98. The first-order chi connectivity index (χ1) is 11.1. The number of carbonyl (C=O) groups is 1. The molecular formula is C17H23N3O3. The van der Waals surface area contributed by atoms with Gasteiger partial charge in [-0.3, -0.25) is 14.9 Å². The van der Waals surface area contributed by atoms with Crippen molar-refractivity contribution in [1.29, 1.82) is 0 Å². The number of hydrogen-bond donors (Lipinski definition) is 1. The average Bonchev–Trinajstić information content (AvgIpc) is 2.55. The molecule has 0 radical (unpaired) electrons. The molecule has 1 fully saturated rings. The van der Waals surface area contributed by atoms with Crippen LogP contribution in [0.2, 0.25) is 0 Å². The number of nitrogens with zero attached hydrogens (tertiary/aromatic N) is 2. The number of amides is 1. The Hall–Kier alpha value is -2.21. The largest absolute Gasteiger partial charge is 0.350 e. The third-order valence-electron chi connectivity index (χ3n) is 3.98. The summed E-state index contributed by atoms with van der Waals surface area (Å²) in [6, 6.07) is 6.44. The molecule has 1 aliphatic rings. The second-order valence-corrected chi connectivity index (χ2v) is 5.81. The van der Waals surface area contributed by atoms with Crippen LogP contribution >= 0.6 is 0 Å². The van der Waals surface area contributed by atoms with E-state index in [9.17, 15) is 14.9 Å². The molecule has 1 saturated heterocycles. The van der Waals surface area contributed by atoms with Crippen LogP contribution < -0.4 is 5.32 Å². The Morgan fingerprint density at radius 2 is 2.17 bits per heavy atom. The van der Waals surface area contributed by atoms with Crippen molar-refractivity contribution in [1.82, 2.24) is 10.2 Å². The Kier molecular flexibility index (Phi) is 6.29. The van der Waals surface area contributed by atoms with Crippen LogP contribution in [0.4, 0.5) is 5.69 Å². The lowest BCUT2D eigenvalue weighted by molar-refractivity contribution is -0.384. The molecule has 0 bridgehead atoms. The number of rotatable bonds is 6. The SMILES string of the molecule is CCCN1CCC(NC(=O)/C=C/c2cccc([N+](=O)[O-])c2)CC1. The van der Waals surface area contributed by atoms with Gasteiger partial charge in [-0.05, 0) is 37.4 Å². The predicted octanol–water partition coefficient (Wildman–Crippen LogP) is 2.60. The topological polar surface area (TPSA) is 75.5 Å². The fraction of sp³-hybridized carbons (Fsp3) is 0.471. The first kappa shape index (κ1) is 17.1. The van der Waals surface area contributed by atoms with Gasteiger partial charge in [0.05, 0.1) is 4.92 Å². The number of likely N-dealkylation sites (tertiary alicyclic amines) is 1. The van der Waals surface area contributed by atoms with E-state index in [2.05, 4.69) is 17.1 Å². The number of nitro benzene ring substituents is 1. The quantitative estimate of drug-likeness (QED) is 0.497. The summed E-state index contributed by atoms with van der Waals surface area (Å²) in [6.07, 6.45) is 6.14. The minimum absolute atomic E-state index is 0.0239. The summed E-state index contributed by atoms with van der Waals surface area (Å²) in [5, 5.41) is 13.7. The van der Waals surface area contributed by atoms with E-state index >= 15 is 0 Å². The zero-order chi connectivity index (χ0) is 16.7. The van der Waals surface area contributed by atoms with Crippen LogP contribution in [0.3, 0.4) is 0 Å². The molecule has 0 spiro atoms. The van der Waals surface area contributed by atoms with Crippen LogP contribution in [0.5, 0.6) is 0 Å². The van der Waals surface area contributed by atoms with Crippen molar-refractivity contribution in [2.45, 2.75) is 32.2 Å². The molecule has 1 aliphatic heterocycles. The van der Waals surface area contributed by atoms with Crippen LogP contribution in [0, 0.1) is 10.1 Å². The fourth-order valence-corrected chi connectivity index (χ4v) is 2.78. The van der Waals surface area contributed by atoms with E-state index in [1.54, 1.807) is 18.2 Å². The van der Waals surface area contributed by atoms with E-state index in [-0.39, 0.29) is 17.6 Å². The van der Waals surface area contributed by atoms with Gasteiger partial charge < -0.3 is 10.2 Å². The molecule has 1 amide bonds. The van der Waals surface area contributed by atoms with Gasteiger partial charge in [0, 0.05) is 37.3 Å². The van der Waals surface area contributed by atoms with E-state index in [0.29, 0.717) is 5.56 Å². The number of non-ortho nitro benzene ring substituents is 1. The zero-order valence-electron chi connectivity index (χ0n) is 13.4. The van der Waals surface area contributed by atoms with Crippen molar-refractivity contribution in [3.8, 4) is 0 Å². The molecule has 1 aromatic carbocycles. The normalized spacial score (nSPS) is 16.6. The number of nitro groups is 1. The highest BCUT2D eigenvalue weighted by Gasteiger charge is 2.19. The number of hydrogen-bond acceptors (Lipinski definition) is 4. The van der Waals surface area contributed by atoms with Gasteiger partial charge in [0.2, 0.25) is 5.91 Å². The van der Waals surface area contributed by atoms with E-state index in [1.807, 2.05) is 0 Å². The summed E-state index contributed by atoms with van der Waals surface area (Å²) >= 11 is 0. The summed E-state index contributed by atoms with van der Waals surface area (Å²) in [6.45, 7) is 5.33. The molecule has 1 N–H and O–H groups in total.